The van der Waals surface area contributed by atoms with E-state index in [9.17, 15) is 4.79 Å². The fraction of sp³-hybridized carbons (Fsp3) is 0.208. The molecule has 0 unspecified atom stereocenters. The first kappa shape index (κ1) is 20.1. The lowest BCUT2D eigenvalue weighted by Crippen LogP contribution is -2.61. The molecule has 0 saturated carbocycles. The quantitative estimate of drug-likeness (QED) is 0.511. The van der Waals surface area contributed by atoms with Gasteiger partial charge in [0, 0.05) is 10.7 Å². The van der Waals surface area contributed by atoms with Gasteiger partial charge in [-0.3, -0.25) is 9.69 Å². The van der Waals surface area contributed by atoms with E-state index in [1.54, 1.807) is 25.2 Å². The van der Waals surface area contributed by atoms with E-state index in [0.29, 0.717) is 22.3 Å². The Morgan fingerprint density at radius 1 is 0.900 bits per heavy atom. The van der Waals surface area contributed by atoms with Crippen LogP contribution in [-0.2, 0) is 4.79 Å². The van der Waals surface area contributed by atoms with Gasteiger partial charge in [-0.2, -0.15) is 0 Å². The van der Waals surface area contributed by atoms with E-state index in [2.05, 4.69) is 0 Å². The molecule has 3 aromatic rings. The van der Waals surface area contributed by atoms with Crippen LogP contribution in [0.15, 0.2) is 66.7 Å². The first-order valence-electron chi connectivity index (χ1n) is 9.56. The van der Waals surface area contributed by atoms with Gasteiger partial charge in [0.25, 0.3) is 5.91 Å². The van der Waals surface area contributed by atoms with Crippen molar-refractivity contribution in [1.29, 1.82) is 0 Å². The standard InChI is InChI=1S/C24H22ClNO4/c1-15-9-11-17(14-19(15)25)26-22(16-10-12-20(28-2)21(13-16)29-3)23(24(26)27)30-18-7-5-4-6-8-18/h4-14,22-23H,1-3H3/t22-,23-/m1/s1. The molecule has 154 valence electrons. The topological polar surface area (TPSA) is 48.0 Å². The lowest BCUT2D eigenvalue weighted by atomic mass is 9.89. The van der Waals surface area contributed by atoms with Gasteiger partial charge in [-0.1, -0.05) is 41.9 Å². The lowest BCUT2D eigenvalue weighted by Gasteiger charge is -2.46. The number of carbonyl (C=O) groups is 1. The molecule has 0 aromatic heterocycles. The van der Waals surface area contributed by atoms with Crippen molar-refractivity contribution >= 4 is 23.2 Å². The maximum atomic E-state index is 13.1. The molecular weight excluding hydrogens is 402 g/mol. The van der Waals surface area contributed by atoms with Crippen LogP contribution in [0.4, 0.5) is 5.69 Å². The third kappa shape index (κ3) is 3.57. The van der Waals surface area contributed by atoms with Crippen LogP contribution in [0.25, 0.3) is 0 Å². The summed E-state index contributed by atoms with van der Waals surface area (Å²) in [5, 5.41) is 0.610. The van der Waals surface area contributed by atoms with Crippen LogP contribution in [0.5, 0.6) is 17.2 Å². The predicted molar refractivity (Wildman–Crippen MR) is 117 cm³/mol. The summed E-state index contributed by atoms with van der Waals surface area (Å²) in [6.07, 6.45) is -0.662. The van der Waals surface area contributed by atoms with Gasteiger partial charge >= 0.3 is 0 Å². The van der Waals surface area contributed by atoms with E-state index in [-0.39, 0.29) is 11.9 Å². The number of anilines is 1. The number of nitrogens with zero attached hydrogens (tertiary/aromatic N) is 1. The smallest absolute Gasteiger partial charge is 0.271 e. The number of para-hydroxylation sites is 1. The monoisotopic (exact) mass is 423 g/mol. The molecule has 2 atom stereocenters. The highest BCUT2D eigenvalue weighted by molar-refractivity contribution is 6.31. The molecule has 3 aromatic carbocycles. The van der Waals surface area contributed by atoms with E-state index < -0.39 is 6.10 Å². The number of benzene rings is 3. The summed E-state index contributed by atoms with van der Waals surface area (Å²) >= 11 is 6.33. The van der Waals surface area contributed by atoms with Gasteiger partial charge in [0.1, 0.15) is 11.8 Å². The number of aryl methyl sites for hydroxylation is 1. The summed E-state index contributed by atoms with van der Waals surface area (Å²) in [6.45, 7) is 1.93. The maximum absolute atomic E-state index is 13.1. The van der Waals surface area contributed by atoms with E-state index in [0.717, 1.165) is 16.8 Å². The molecule has 0 aliphatic carbocycles. The minimum absolute atomic E-state index is 0.126. The zero-order valence-electron chi connectivity index (χ0n) is 17.0. The zero-order valence-corrected chi connectivity index (χ0v) is 17.7. The van der Waals surface area contributed by atoms with E-state index in [4.69, 9.17) is 25.8 Å². The molecule has 1 aliphatic rings. The number of carbonyl (C=O) groups excluding carboxylic acids is 1. The maximum Gasteiger partial charge on any atom is 0.271 e. The number of rotatable bonds is 6. The minimum atomic E-state index is -0.662. The molecule has 1 saturated heterocycles. The highest BCUT2D eigenvalue weighted by atomic mass is 35.5. The molecule has 0 N–H and O–H groups in total. The van der Waals surface area contributed by atoms with Gasteiger partial charge in [0.05, 0.1) is 14.2 Å². The van der Waals surface area contributed by atoms with E-state index in [1.807, 2.05) is 67.6 Å². The Labute approximate surface area is 180 Å². The van der Waals surface area contributed by atoms with Gasteiger partial charge in [-0.25, -0.2) is 0 Å². The largest absolute Gasteiger partial charge is 0.493 e. The van der Waals surface area contributed by atoms with Gasteiger partial charge < -0.3 is 14.2 Å². The third-order valence-electron chi connectivity index (χ3n) is 5.23. The molecule has 1 fully saturated rings. The zero-order chi connectivity index (χ0) is 21.3. The molecule has 0 spiro atoms. The van der Waals surface area contributed by atoms with Crippen molar-refractivity contribution in [2.24, 2.45) is 0 Å². The molecule has 0 radical (unpaired) electrons. The highest BCUT2D eigenvalue weighted by Gasteiger charge is 2.51. The fourth-order valence-corrected chi connectivity index (χ4v) is 3.78. The van der Waals surface area contributed by atoms with Crippen molar-refractivity contribution in [2.75, 3.05) is 19.1 Å². The summed E-state index contributed by atoms with van der Waals surface area (Å²) < 4.78 is 16.9. The van der Waals surface area contributed by atoms with Gasteiger partial charge in [0.2, 0.25) is 6.10 Å². The van der Waals surface area contributed by atoms with Crippen LogP contribution in [-0.4, -0.2) is 26.2 Å². The van der Waals surface area contributed by atoms with Crippen molar-refractivity contribution in [2.45, 2.75) is 19.1 Å². The number of halogens is 1. The number of hydrogen-bond donors (Lipinski definition) is 0. The van der Waals surface area contributed by atoms with Crippen molar-refractivity contribution in [3.8, 4) is 17.2 Å². The van der Waals surface area contributed by atoms with Crippen LogP contribution in [0.1, 0.15) is 17.2 Å². The second kappa shape index (κ2) is 8.28. The first-order valence-corrected chi connectivity index (χ1v) is 9.94. The van der Waals surface area contributed by atoms with Gasteiger partial charge in [-0.05, 0) is 54.4 Å². The van der Waals surface area contributed by atoms with Crippen LogP contribution in [0.2, 0.25) is 5.02 Å². The van der Waals surface area contributed by atoms with Crippen molar-refractivity contribution < 1.29 is 19.0 Å². The van der Waals surface area contributed by atoms with Crippen molar-refractivity contribution in [3.63, 3.8) is 0 Å². The second-order valence-electron chi connectivity index (χ2n) is 7.05. The van der Waals surface area contributed by atoms with Crippen LogP contribution >= 0.6 is 11.6 Å². The Bertz CT molecular complexity index is 1070. The normalized spacial score (nSPS) is 18.0. The minimum Gasteiger partial charge on any atom is -0.493 e. The molecule has 0 bridgehead atoms. The highest BCUT2D eigenvalue weighted by Crippen LogP contribution is 2.44. The summed E-state index contributed by atoms with van der Waals surface area (Å²) in [7, 11) is 3.18. The summed E-state index contributed by atoms with van der Waals surface area (Å²) in [6, 6.07) is 20.2. The Hall–Kier alpha value is -3.18. The Morgan fingerprint density at radius 3 is 2.30 bits per heavy atom. The van der Waals surface area contributed by atoms with Crippen molar-refractivity contribution in [3.05, 3.63) is 82.9 Å². The van der Waals surface area contributed by atoms with E-state index in [1.165, 1.54) is 0 Å². The summed E-state index contributed by atoms with van der Waals surface area (Å²) in [5.74, 6) is 1.73. The average Bonchev–Trinajstić information content (AvgIpc) is 2.78. The van der Waals surface area contributed by atoms with Crippen molar-refractivity contribution in [1.82, 2.24) is 0 Å². The predicted octanol–water partition coefficient (Wildman–Crippen LogP) is 5.20. The molecule has 5 nitrogen and oxygen atoms in total. The van der Waals surface area contributed by atoms with Crippen LogP contribution < -0.4 is 19.1 Å². The molecule has 4 rings (SSSR count). The molecule has 6 heteroatoms. The summed E-state index contributed by atoms with van der Waals surface area (Å²) in [4.78, 5) is 14.8. The number of ether oxygens (including phenoxy) is 3. The molecular formula is C24H22ClNO4. The Balaban J connectivity index is 1.74. The number of hydrogen-bond acceptors (Lipinski definition) is 4. The molecule has 30 heavy (non-hydrogen) atoms. The fourth-order valence-electron chi connectivity index (χ4n) is 3.60. The Kier molecular flexibility index (Phi) is 5.55. The molecule has 1 heterocycles. The number of β-lactam (4-membered cyclic amide) rings is 1. The first-order chi connectivity index (χ1) is 14.5. The SMILES string of the molecule is COc1ccc([C@@H]2[C@@H](Oc3ccccc3)C(=O)N2c2ccc(C)c(Cl)c2)cc1OC. The Morgan fingerprint density at radius 2 is 1.63 bits per heavy atom. The molecule has 1 aliphatic heterocycles. The van der Waals surface area contributed by atoms with Gasteiger partial charge in [0.15, 0.2) is 11.5 Å². The average molecular weight is 424 g/mol. The molecule has 1 amide bonds. The van der Waals surface area contributed by atoms with Crippen LogP contribution in [0, 0.1) is 6.92 Å². The van der Waals surface area contributed by atoms with Gasteiger partial charge in [-0.15, -0.1) is 0 Å². The summed E-state index contributed by atoms with van der Waals surface area (Å²) in [5.41, 5.74) is 2.56. The number of methoxy groups -OCH3 is 2. The van der Waals surface area contributed by atoms with E-state index >= 15 is 0 Å². The number of amides is 1. The second-order valence-corrected chi connectivity index (χ2v) is 7.46. The third-order valence-corrected chi connectivity index (χ3v) is 5.64. The van der Waals surface area contributed by atoms with Crippen LogP contribution in [0.3, 0.4) is 0 Å². The lowest BCUT2D eigenvalue weighted by molar-refractivity contribution is -0.135.